The van der Waals surface area contributed by atoms with Crippen molar-refractivity contribution >= 4 is 16.0 Å². The maximum absolute atomic E-state index is 12.6. The van der Waals surface area contributed by atoms with Crippen LogP contribution in [0.5, 0.6) is 0 Å². The van der Waals surface area contributed by atoms with E-state index in [1.165, 1.54) is 39.0 Å². The van der Waals surface area contributed by atoms with Crippen LogP contribution in [-0.2, 0) is 21.4 Å². The van der Waals surface area contributed by atoms with Crippen LogP contribution >= 0.6 is 0 Å². The number of aliphatic carboxylic acids is 1. The van der Waals surface area contributed by atoms with Crippen LogP contribution in [0.4, 0.5) is 0 Å². The highest BCUT2D eigenvalue weighted by Crippen LogP contribution is 2.53. The normalized spacial score (nSPS) is 17.4. The lowest BCUT2D eigenvalue weighted by Crippen LogP contribution is -2.37. The van der Waals surface area contributed by atoms with Crippen molar-refractivity contribution in [3.05, 3.63) is 23.2 Å². The molecule has 1 fully saturated rings. The second-order valence-electron chi connectivity index (χ2n) is 10.8. The SMILES string of the molecule is Cc1noc(C)c1S(=O)(=O)NCc1noc(C(CCCC2(C(C)(C)C)CCCCC2)CC(=O)[O-])n1. The predicted octanol–water partition coefficient (Wildman–Crippen LogP) is 3.54. The van der Waals surface area contributed by atoms with Crippen LogP contribution < -0.4 is 9.83 Å². The van der Waals surface area contributed by atoms with E-state index in [2.05, 4.69) is 40.8 Å². The van der Waals surface area contributed by atoms with Crippen molar-refractivity contribution in [1.82, 2.24) is 20.0 Å². The number of nitrogens with zero attached hydrogens (tertiary/aromatic N) is 3. The van der Waals surface area contributed by atoms with Gasteiger partial charge in [0.15, 0.2) is 11.6 Å². The summed E-state index contributed by atoms with van der Waals surface area (Å²) >= 11 is 0. The zero-order valence-electron chi connectivity index (χ0n) is 21.3. The van der Waals surface area contributed by atoms with E-state index in [1.807, 2.05) is 0 Å². The van der Waals surface area contributed by atoms with E-state index in [-0.39, 0.29) is 51.9 Å². The van der Waals surface area contributed by atoms with E-state index < -0.39 is 21.9 Å². The van der Waals surface area contributed by atoms with Gasteiger partial charge in [-0.15, -0.1) is 0 Å². The lowest BCUT2D eigenvalue weighted by molar-refractivity contribution is -0.306. The average Bonchev–Trinajstić information content (AvgIpc) is 3.38. The van der Waals surface area contributed by atoms with Crippen LogP contribution in [0.2, 0.25) is 0 Å². The molecular weight excluding hydrogens is 472 g/mol. The molecule has 0 spiro atoms. The minimum atomic E-state index is -3.89. The number of hydrogen-bond donors (Lipinski definition) is 1. The number of carbonyl (C=O) groups is 1. The first-order valence-electron chi connectivity index (χ1n) is 12.3. The molecule has 2 aromatic heterocycles. The monoisotopic (exact) mass is 509 g/mol. The Morgan fingerprint density at radius 1 is 1.14 bits per heavy atom. The molecule has 1 atom stereocenters. The molecule has 0 aromatic carbocycles. The molecule has 0 amide bonds. The average molecular weight is 510 g/mol. The predicted molar refractivity (Wildman–Crippen MR) is 125 cm³/mol. The molecule has 1 unspecified atom stereocenters. The number of hydrogen-bond acceptors (Lipinski definition) is 9. The summed E-state index contributed by atoms with van der Waals surface area (Å²) in [6.07, 6.45) is 8.33. The molecule has 2 aromatic rings. The lowest BCUT2D eigenvalue weighted by atomic mass is 9.57. The van der Waals surface area contributed by atoms with Gasteiger partial charge in [-0.25, -0.2) is 13.1 Å². The van der Waals surface area contributed by atoms with Gasteiger partial charge in [0.05, 0.1) is 6.54 Å². The summed E-state index contributed by atoms with van der Waals surface area (Å²) in [6, 6.07) is 0. The first-order valence-corrected chi connectivity index (χ1v) is 13.8. The van der Waals surface area contributed by atoms with Crippen LogP contribution in [0.15, 0.2) is 13.9 Å². The third-order valence-corrected chi connectivity index (χ3v) is 9.16. The van der Waals surface area contributed by atoms with Crippen LogP contribution in [0.25, 0.3) is 0 Å². The zero-order chi connectivity index (χ0) is 25.9. The smallest absolute Gasteiger partial charge is 0.246 e. The Balaban J connectivity index is 1.66. The molecule has 1 saturated carbocycles. The van der Waals surface area contributed by atoms with Gasteiger partial charge in [-0.05, 0) is 56.8 Å². The molecular formula is C24H37N4O6S-. The van der Waals surface area contributed by atoms with Crippen LogP contribution in [0.1, 0.15) is 108 Å². The van der Waals surface area contributed by atoms with Crippen molar-refractivity contribution in [2.45, 2.75) is 110 Å². The molecule has 11 heteroatoms. The highest BCUT2D eigenvalue weighted by atomic mass is 32.2. The fourth-order valence-corrected chi connectivity index (χ4v) is 6.70. The number of rotatable bonds is 11. The van der Waals surface area contributed by atoms with Crippen LogP contribution in [0.3, 0.4) is 0 Å². The Kier molecular flexibility index (Phi) is 8.41. The Labute approximate surface area is 207 Å². The molecule has 0 aliphatic heterocycles. The summed E-state index contributed by atoms with van der Waals surface area (Å²) in [4.78, 5) is 15.7. The Hall–Kier alpha value is -2.27. The second-order valence-corrected chi connectivity index (χ2v) is 12.5. The molecule has 196 valence electrons. The fraction of sp³-hybridized carbons (Fsp3) is 0.750. The van der Waals surface area contributed by atoms with E-state index >= 15 is 0 Å². The van der Waals surface area contributed by atoms with Gasteiger partial charge in [-0.1, -0.05) is 56.8 Å². The maximum atomic E-state index is 12.6. The molecule has 0 radical (unpaired) electrons. The van der Waals surface area contributed by atoms with E-state index in [0.29, 0.717) is 6.42 Å². The van der Waals surface area contributed by atoms with Crippen molar-refractivity contribution in [2.24, 2.45) is 10.8 Å². The largest absolute Gasteiger partial charge is 0.550 e. The van der Waals surface area contributed by atoms with E-state index in [1.54, 1.807) is 6.92 Å². The Morgan fingerprint density at radius 2 is 1.83 bits per heavy atom. The second kappa shape index (κ2) is 10.8. The van der Waals surface area contributed by atoms with Crippen molar-refractivity contribution in [3.63, 3.8) is 0 Å². The van der Waals surface area contributed by atoms with Crippen molar-refractivity contribution < 1.29 is 27.4 Å². The highest BCUT2D eigenvalue weighted by Gasteiger charge is 2.41. The summed E-state index contributed by atoms with van der Waals surface area (Å²) in [5.41, 5.74) is 0.671. The number of sulfonamides is 1. The van der Waals surface area contributed by atoms with Gasteiger partial charge in [0.1, 0.15) is 10.6 Å². The third-order valence-electron chi connectivity index (χ3n) is 7.51. The van der Waals surface area contributed by atoms with E-state index in [0.717, 1.165) is 12.8 Å². The molecule has 1 N–H and O–H groups in total. The molecule has 3 rings (SSSR count). The van der Waals surface area contributed by atoms with Gasteiger partial charge in [0, 0.05) is 11.9 Å². The van der Waals surface area contributed by atoms with E-state index in [9.17, 15) is 18.3 Å². The number of aromatic nitrogens is 3. The topological polar surface area (TPSA) is 151 Å². The first-order chi connectivity index (χ1) is 16.3. The minimum absolute atomic E-state index is 0.0217. The Bertz CT molecular complexity index is 1090. The van der Waals surface area contributed by atoms with Gasteiger partial charge in [-0.3, -0.25) is 0 Å². The van der Waals surface area contributed by atoms with Crippen LogP contribution in [-0.4, -0.2) is 29.7 Å². The summed E-state index contributed by atoms with van der Waals surface area (Å²) in [6.45, 7) is 9.74. The number of carboxylic acid groups (broad SMARTS) is 1. The summed E-state index contributed by atoms with van der Waals surface area (Å²) in [7, 11) is -3.89. The standard InChI is InChI=1S/C24H38N4O6S/c1-16-21(17(2)33-27-16)35(31,32)25-15-19-26-22(34-28-19)18(14-20(29)30)10-9-13-24(23(3,4)5)11-7-6-8-12-24/h18,25H,6-15H2,1-5H3,(H,29,30)/p-1. The maximum Gasteiger partial charge on any atom is 0.246 e. The molecule has 35 heavy (non-hydrogen) atoms. The molecule has 2 heterocycles. The number of nitrogens with one attached hydrogen (secondary N) is 1. The molecule has 1 aliphatic rings. The Morgan fingerprint density at radius 3 is 2.40 bits per heavy atom. The lowest BCUT2D eigenvalue weighted by Gasteiger charge is -2.48. The zero-order valence-corrected chi connectivity index (χ0v) is 22.2. The van der Waals surface area contributed by atoms with E-state index in [4.69, 9.17) is 9.05 Å². The van der Waals surface area contributed by atoms with Gasteiger partial charge < -0.3 is 18.9 Å². The fourth-order valence-electron chi connectivity index (χ4n) is 5.40. The molecule has 1 aliphatic carbocycles. The first kappa shape index (κ1) is 27.3. The number of carboxylic acids is 1. The van der Waals surface area contributed by atoms with Gasteiger partial charge in [0.25, 0.3) is 0 Å². The van der Waals surface area contributed by atoms with Crippen molar-refractivity contribution in [1.29, 1.82) is 0 Å². The highest BCUT2D eigenvalue weighted by molar-refractivity contribution is 7.89. The molecule has 0 saturated heterocycles. The van der Waals surface area contributed by atoms with Crippen molar-refractivity contribution in [2.75, 3.05) is 0 Å². The third kappa shape index (κ3) is 6.49. The molecule has 0 bridgehead atoms. The number of aryl methyl sites for hydroxylation is 2. The van der Waals surface area contributed by atoms with Gasteiger partial charge in [-0.2, -0.15) is 4.98 Å². The molecule has 10 nitrogen and oxygen atoms in total. The summed E-state index contributed by atoms with van der Waals surface area (Å²) < 4.78 is 37.9. The minimum Gasteiger partial charge on any atom is -0.550 e. The van der Waals surface area contributed by atoms with Gasteiger partial charge >= 0.3 is 0 Å². The summed E-state index contributed by atoms with van der Waals surface area (Å²) in [5.74, 6) is -1.17. The van der Waals surface area contributed by atoms with Gasteiger partial charge in [0.2, 0.25) is 15.9 Å². The quantitative estimate of drug-likeness (QED) is 0.479. The number of carbonyl (C=O) groups excluding carboxylic acids is 1. The summed E-state index contributed by atoms with van der Waals surface area (Å²) in [5, 5.41) is 18.9. The van der Waals surface area contributed by atoms with Crippen molar-refractivity contribution in [3.8, 4) is 0 Å². The van der Waals surface area contributed by atoms with Crippen LogP contribution in [0, 0.1) is 24.7 Å².